The summed E-state index contributed by atoms with van der Waals surface area (Å²) >= 11 is 0. The Bertz CT molecular complexity index is 612. The molecule has 0 bridgehead atoms. The van der Waals surface area contributed by atoms with E-state index in [1.165, 1.54) is 13.2 Å². The number of carboxylic acid groups (broad SMARTS) is 1. The second kappa shape index (κ2) is 7.05. The molecule has 2 N–H and O–H groups in total. The van der Waals surface area contributed by atoms with E-state index in [0.29, 0.717) is 16.8 Å². The number of nitriles is 1. The van der Waals surface area contributed by atoms with Crippen LogP contribution in [-0.4, -0.2) is 24.1 Å². The van der Waals surface area contributed by atoms with Gasteiger partial charge in [0, 0.05) is 12.8 Å². The summed E-state index contributed by atoms with van der Waals surface area (Å²) in [5.41, 5.74) is 0.747. The molecule has 0 aliphatic rings. The first-order valence-electron chi connectivity index (χ1n) is 6.76. The average molecular weight is 304 g/mol. The molecule has 1 atom stereocenters. The van der Waals surface area contributed by atoms with E-state index < -0.39 is 23.2 Å². The van der Waals surface area contributed by atoms with E-state index in [4.69, 9.17) is 10.00 Å². The Morgan fingerprint density at radius 1 is 1.41 bits per heavy atom. The van der Waals surface area contributed by atoms with Crippen LogP contribution in [0.15, 0.2) is 18.2 Å². The molecular weight excluding hydrogens is 284 g/mol. The fourth-order valence-electron chi connectivity index (χ4n) is 2.13. The van der Waals surface area contributed by atoms with Crippen LogP contribution in [0.4, 0.5) is 5.69 Å². The lowest BCUT2D eigenvalue weighted by Crippen LogP contribution is -2.39. The molecule has 0 aliphatic heterocycles. The number of hydrogen-bond acceptors (Lipinski definition) is 4. The molecule has 6 nitrogen and oxygen atoms in total. The number of ether oxygens (including phenoxy) is 1. The maximum absolute atomic E-state index is 12.2. The first-order valence-corrected chi connectivity index (χ1v) is 6.76. The third kappa shape index (κ3) is 4.30. The van der Waals surface area contributed by atoms with E-state index in [1.807, 2.05) is 6.07 Å². The molecular formula is C16H20N2O4. The van der Waals surface area contributed by atoms with E-state index in [0.717, 1.165) is 0 Å². The number of amides is 1. The molecule has 0 fully saturated rings. The SMILES string of the molecule is COCc1ccc(NC(=O)C(C(=O)O)C(C)(C)C)cc1C#N. The molecule has 118 valence electrons. The number of aliphatic carboxylic acids is 1. The predicted octanol–water partition coefficient (Wildman–Crippen LogP) is 2.39. The van der Waals surface area contributed by atoms with Gasteiger partial charge in [-0.25, -0.2) is 0 Å². The van der Waals surface area contributed by atoms with Crippen molar-refractivity contribution in [3.8, 4) is 6.07 Å². The van der Waals surface area contributed by atoms with Crippen LogP contribution in [0.25, 0.3) is 0 Å². The van der Waals surface area contributed by atoms with Gasteiger partial charge in [0.2, 0.25) is 5.91 Å². The normalized spacial score (nSPS) is 12.3. The van der Waals surface area contributed by atoms with E-state index >= 15 is 0 Å². The lowest BCUT2D eigenvalue weighted by molar-refractivity contribution is -0.149. The number of carbonyl (C=O) groups is 2. The summed E-state index contributed by atoms with van der Waals surface area (Å²) in [6.07, 6.45) is 0. The van der Waals surface area contributed by atoms with Crippen molar-refractivity contribution in [3.63, 3.8) is 0 Å². The lowest BCUT2D eigenvalue weighted by atomic mass is 9.80. The highest BCUT2D eigenvalue weighted by Crippen LogP contribution is 2.28. The minimum atomic E-state index is -1.18. The van der Waals surface area contributed by atoms with Crippen molar-refractivity contribution >= 4 is 17.6 Å². The van der Waals surface area contributed by atoms with Crippen LogP contribution in [-0.2, 0) is 20.9 Å². The Morgan fingerprint density at radius 3 is 2.50 bits per heavy atom. The van der Waals surface area contributed by atoms with Crippen molar-refractivity contribution in [2.75, 3.05) is 12.4 Å². The van der Waals surface area contributed by atoms with Crippen LogP contribution in [0.1, 0.15) is 31.9 Å². The Labute approximate surface area is 129 Å². The number of methoxy groups -OCH3 is 1. The molecule has 0 aromatic heterocycles. The van der Waals surface area contributed by atoms with Crippen molar-refractivity contribution in [3.05, 3.63) is 29.3 Å². The van der Waals surface area contributed by atoms with Crippen LogP contribution >= 0.6 is 0 Å². The quantitative estimate of drug-likeness (QED) is 0.814. The maximum Gasteiger partial charge on any atom is 0.316 e. The number of nitrogens with one attached hydrogen (secondary N) is 1. The molecule has 0 aliphatic carbocycles. The summed E-state index contributed by atoms with van der Waals surface area (Å²) in [6, 6.07) is 6.83. The van der Waals surface area contributed by atoms with Crippen molar-refractivity contribution in [2.24, 2.45) is 11.3 Å². The third-order valence-electron chi connectivity index (χ3n) is 3.17. The Morgan fingerprint density at radius 2 is 2.05 bits per heavy atom. The van der Waals surface area contributed by atoms with Gasteiger partial charge in [0.15, 0.2) is 0 Å². The molecule has 6 heteroatoms. The van der Waals surface area contributed by atoms with Crippen LogP contribution < -0.4 is 5.32 Å². The number of carboxylic acids is 1. The Balaban J connectivity index is 3.02. The number of anilines is 1. The van der Waals surface area contributed by atoms with Crippen molar-refractivity contribution in [1.29, 1.82) is 5.26 Å². The summed E-state index contributed by atoms with van der Waals surface area (Å²) in [4.78, 5) is 23.5. The molecule has 0 radical (unpaired) electrons. The average Bonchev–Trinajstić information content (AvgIpc) is 2.38. The van der Waals surface area contributed by atoms with Gasteiger partial charge in [0.1, 0.15) is 5.92 Å². The molecule has 0 saturated carbocycles. The number of rotatable bonds is 5. The second-order valence-corrected chi connectivity index (χ2v) is 6.04. The fraction of sp³-hybridized carbons (Fsp3) is 0.438. The van der Waals surface area contributed by atoms with Crippen molar-refractivity contribution < 1.29 is 19.4 Å². The smallest absolute Gasteiger partial charge is 0.316 e. The minimum absolute atomic E-state index is 0.289. The van der Waals surface area contributed by atoms with E-state index in [2.05, 4.69) is 5.32 Å². The summed E-state index contributed by atoms with van der Waals surface area (Å²) < 4.78 is 4.99. The maximum atomic E-state index is 12.2. The van der Waals surface area contributed by atoms with Gasteiger partial charge in [-0.15, -0.1) is 0 Å². The molecule has 0 spiro atoms. The van der Waals surface area contributed by atoms with E-state index in [1.54, 1.807) is 32.9 Å². The van der Waals surface area contributed by atoms with Gasteiger partial charge in [-0.2, -0.15) is 5.26 Å². The van der Waals surface area contributed by atoms with Gasteiger partial charge in [0.25, 0.3) is 0 Å². The number of nitrogens with zero attached hydrogens (tertiary/aromatic N) is 1. The summed E-state index contributed by atoms with van der Waals surface area (Å²) in [6.45, 7) is 5.35. The lowest BCUT2D eigenvalue weighted by Gasteiger charge is -2.26. The summed E-state index contributed by atoms with van der Waals surface area (Å²) in [7, 11) is 1.53. The molecule has 0 saturated heterocycles. The molecule has 1 rings (SSSR count). The minimum Gasteiger partial charge on any atom is -0.481 e. The topological polar surface area (TPSA) is 99.4 Å². The van der Waals surface area contributed by atoms with Gasteiger partial charge in [-0.3, -0.25) is 9.59 Å². The van der Waals surface area contributed by atoms with Gasteiger partial charge >= 0.3 is 5.97 Å². The molecule has 22 heavy (non-hydrogen) atoms. The molecule has 1 amide bonds. The fourth-order valence-corrected chi connectivity index (χ4v) is 2.13. The molecule has 1 aromatic rings. The second-order valence-electron chi connectivity index (χ2n) is 6.04. The largest absolute Gasteiger partial charge is 0.481 e. The Hall–Kier alpha value is -2.39. The Kier molecular flexibility index (Phi) is 5.66. The van der Waals surface area contributed by atoms with Gasteiger partial charge in [-0.1, -0.05) is 26.8 Å². The first kappa shape index (κ1) is 17.7. The highest BCUT2D eigenvalue weighted by molar-refractivity contribution is 6.04. The van der Waals surface area contributed by atoms with Gasteiger partial charge in [0.05, 0.1) is 18.2 Å². The first-order chi connectivity index (χ1) is 10.2. The molecule has 0 heterocycles. The highest BCUT2D eigenvalue weighted by atomic mass is 16.5. The molecule has 1 aromatic carbocycles. The van der Waals surface area contributed by atoms with Crippen molar-refractivity contribution in [2.45, 2.75) is 27.4 Å². The van der Waals surface area contributed by atoms with Gasteiger partial charge in [-0.05, 0) is 23.1 Å². The highest BCUT2D eigenvalue weighted by Gasteiger charge is 2.37. The zero-order valence-electron chi connectivity index (χ0n) is 13.1. The zero-order chi connectivity index (χ0) is 16.9. The van der Waals surface area contributed by atoms with Crippen LogP contribution in [0, 0.1) is 22.7 Å². The number of benzene rings is 1. The van der Waals surface area contributed by atoms with E-state index in [-0.39, 0.29) is 6.61 Å². The summed E-state index contributed by atoms with van der Waals surface area (Å²) in [5, 5.41) is 20.9. The standard InChI is InChI=1S/C16H20N2O4/c1-16(2,3)13(15(20)21)14(19)18-12-6-5-10(9-22-4)11(7-12)8-17/h5-7,13H,9H2,1-4H3,(H,18,19)(H,20,21). The monoisotopic (exact) mass is 304 g/mol. The van der Waals surface area contributed by atoms with Gasteiger partial charge < -0.3 is 15.2 Å². The summed E-state index contributed by atoms with van der Waals surface area (Å²) in [5.74, 6) is -2.97. The molecule has 1 unspecified atom stereocenters. The third-order valence-corrected chi connectivity index (χ3v) is 3.17. The van der Waals surface area contributed by atoms with Crippen LogP contribution in [0.3, 0.4) is 0 Å². The zero-order valence-corrected chi connectivity index (χ0v) is 13.1. The predicted molar refractivity (Wildman–Crippen MR) is 81.1 cm³/mol. The van der Waals surface area contributed by atoms with E-state index in [9.17, 15) is 14.7 Å². The number of hydrogen-bond donors (Lipinski definition) is 2. The van der Waals surface area contributed by atoms with Crippen LogP contribution in [0.2, 0.25) is 0 Å². The number of carbonyl (C=O) groups excluding carboxylic acids is 1. The van der Waals surface area contributed by atoms with Crippen LogP contribution in [0.5, 0.6) is 0 Å². The van der Waals surface area contributed by atoms with Crippen molar-refractivity contribution in [1.82, 2.24) is 0 Å².